The van der Waals surface area contributed by atoms with E-state index in [2.05, 4.69) is 18.7 Å². The molecule has 0 bridgehead atoms. The van der Waals surface area contributed by atoms with Crippen molar-refractivity contribution in [2.24, 2.45) is 5.92 Å². The molecule has 1 fully saturated rings. The van der Waals surface area contributed by atoms with Crippen LogP contribution in [0.3, 0.4) is 0 Å². The number of hydrogen-bond donors (Lipinski definition) is 1. The van der Waals surface area contributed by atoms with Gasteiger partial charge in [0.2, 0.25) is 0 Å². The van der Waals surface area contributed by atoms with E-state index in [4.69, 9.17) is 4.74 Å². The number of ether oxygens (including phenoxy) is 1. The summed E-state index contributed by atoms with van der Waals surface area (Å²) in [5, 5.41) is 10.0. The molecule has 0 radical (unpaired) electrons. The van der Waals surface area contributed by atoms with Gasteiger partial charge in [0, 0.05) is 6.04 Å². The first-order chi connectivity index (χ1) is 7.50. The Morgan fingerprint density at radius 3 is 2.19 bits per heavy atom. The molecule has 0 amide bonds. The lowest BCUT2D eigenvalue weighted by molar-refractivity contribution is -0.0345. The van der Waals surface area contributed by atoms with Crippen LogP contribution < -0.4 is 0 Å². The van der Waals surface area contributed by atoms with Gasteiger partial charge in [-0.2, -0.15) is 0 Å². The maximum Gasteiger partial charge on any atom is 0.0802 e. The van der Waals surface area contributed by atoms with Gasteiger partial charge in [-0.15, -0.1) is 0 Å². The number of aliphatic hydroxyl groups excluding tert-OH is 1. The standard InChI is InChI=1S/C13H27NO2/c1-10(2)14-7-5-12(6-8-14)13(15)9-16-11(3)4/h10-13,15H,5-9H2,1-4H3. The molecule has 1 saturated heterocycles. The summed E-state index contributed by atoms with van der Waals surface area (Å²) in [5.74, 6) is 0.425. The molecule has 1 aliphatic rings. The average molecular weight is 229 g/mol. The van der Waals surface area contributed by atoms with E-state index in [9.17, 15) is 5.11 Å². The Labute approximate surface area is 99.8 Å². The Hall–Kier alpha value is -0.120. The highest BCUT2D eigenvalue weighted by atomic mass is 16.5. The molecule has 0 saturated carbocycles. The van der Waals surface area contributed by atoms with Crippen molar-refractivity contribution < 1.29 is 9.84 Å². The molecule has 0 aromatic rings. The fourth-order valence-electron chi connectivity index (χ4n) is 2.25. The highest BCUT2D eigenvalue weighted by Gasteiger charge is 2.26. The third-order valence-corrected chi connectivity index (χ3v) is 3.45. The zero-order valence-corrected chi connectivity index (χ0v) is 11.1. The predicted molar refractivity (Wildman–Crippen MR) is 66.5 cm³/mol. The Morgan fingerprint density at radius 1 is 1.19 bits per heavy atom. The number of rotatable bonds is 5. The van der Waals surface area contributed by atoms with Gasteiger partial charge in [0.25, 0.3) is 0 Å². The van der Waals surface area contributed by atoms with Crippen LogP contribution in [-0.2, 0) is 4.74 Å². The molecule has 1 unspecified atom stereocenters. The van der Waals surface area contributed by atoms with Gasteiger partial charge in [0.15, 0.2) is 0 Å². The van der Waals surface area contributed by atoms with Gasteiger partial charge < -0.3 is 14.7 Å². The topological polar surface area (TPSA) is 32.7 Å². The summed E-state index contributed by atoms with van der Waals surface area (Å²) in [6, 6.07) is 0.630. The van der Waals surface area contributed by atoms with Crippen LogP contribution in [0.2, 0.25) is 0 Å². The molecule has 3 heteroatoms. The zero-order chi connectivity index (χ0) is 12.1. The molecule has 0 aromatic carbocycles. The van der Waals surface area contributed by atoms with Gasteiger partial charge in [-0.05, 0) is 59.5 Å². The minimum atomic E-state index is -0.281. The van der Waals surface area contributed by atoms with Crippen molar-refractivity contribution in [3.8, 4) is 0 Å². The second-order valence-corrected chi connectivity index (χ2v) is 5.42. The second-order valence-electron chi connectivity index (χ2n) is 5.42. The summed E-state index contributed by atoms with van der Waals surface area (Å²) in [5.41, 5.74) is 0. The van der Waals surface area contributed by atoms with Crippen LogP contribution in [0.1, 0.15) is 40.5 Å². The molecule has 16 heavy (non-hydrogen) atoms. The fraction of sp³-hybridized carbons (Fsp3) is 1.00. The predicted octanol–water partition coefficient (Wildman–Crippen LogP) is 1.89. The lowest BCUT2D eigenvalue weighted by Crippen LogP contribution is -2.42. The van der Waals surface area contributed by atoms with E-state index in [1.54, 1.807) is 0 Å². The quantitative estimate of drug-likeness (QED) is 0.781. The van der Waals surface area contributed by atoms with Crippen molar-refractivity contribution in [1.82, 2.24) is 4.90 Å². The number of aliphatic hydroxyl groups is 1. The van der Waals surface area contributed by atoms with E-state index in [0.29, 0.717) is 18.6 Å². The lowest BCUT2D eigenvalue weighted by atomic mass is 9.91. The smallest absolute Gasteiger partial charge is 0.0802 e. The number of nitrogens with zero attached hydrogens (tertiary/aromatic N) is 1. The van der Waals surface area contributed by atoms with Crippen LogP contribution in [0.25, 0.3) is 0 Å². The van der Waals surface area contributed by atoms with E-state index in [1.165, 1.54) is 0 Å². The minimum absolute atomic E-state index is 0.213. The summed E-state index contributed by atoms with van der Waals surface area (Å²) in [6.07, 6.45) is 2.13. The molecule has 96 valence electrons. The highest BCUT2D eigenvalue weighted by molar-refractivity contribution is 4.78. The molecule has 0 aromatic heterocycles. The molecular weight excluding hydrogens is 202 g/mol. The monoisotopic (exact) mass is 229 g/mol. The van der Waals surface area contributed by atoms with Gasteiger partial charge in [-0.25, -0.2) is 0 Å². The summed E-state index contributed by atoms with van der Waals surface area (Å²) in [7, 11) is 0. The van der Waals surface area contributed by atoms with E-state index < -0.39 is 0 Å². The SMILES string of the molecule is CC(C)OCC(O)C1CCN(C(C)C)CC1. The molecule has 1 heterocycles. The molecule has 1 rings (SSSR count). The Bertz CT molecular complexity index is 186. The van der Waals surface area contributed by atoms with E-state index >= 15 is 0 Å². The van der Waals surface area contributed by atoms with Crippen molar-refractivity contribution in [3.63, 3.8) is 0 Å². The minimum Gasteiger partial charge on any atom is -0.390 e. The number of piperidine rings is 1. The maximum atomic E-state index is 10.0. The van der Waals surface area contributed by atoms with Gasteiger partial charge in [-0.3, -0.25) is 0 Å². The maximum absolute atomic E-state index is 10.0. The largest absolute Gasteiger partial charge is 0.390 e. The van der Waals surface area contributed by atoms with Gasteiger partial charge >= 0.3 is 0 Å². The van der Waals surface area contributed by atoms with E-state index in [-0.39, 0.29) is 12.2 Å². The Kier molecular flexibility index (Phi) is 5.73. The molecule has 3 nitrogen and oxygen atoms in total. The summed E-state index contributed by atoms with van der Waals surface area (Å²) < 4.78 is 5.47. The molecular formula is C13H27NO2. The first kappa shape index (κ1) is 13.9. The van der Waals surface area contributed by atoms with Crippen LogP contribution in [-0.4, -0.2) is 48.0 Å². The first-order valence-corrected chi connectivity index (χ1v) is 6.54. The van der Waals surface area contributed by atoms with E-state index in [1.807, 2.05) is 13.8 Å². The summed E-state index contributed by atoms with van der Waals surface area (Å²) in [4.78, 5) is 2.48. The first-order valence-electron chi connectivity index (χ1n) is 6.54. The third-order valence-electron chi connectivity index (χ3n) is 3.45. The normalized spacial score (nSPS) is 21.9. The highest BCUT2D eigenvalue weighted by Crippen LogP contribution is 2.22. The van der Waals surface area contributed by atoms with Crippen molar-refractivity contribution >= 4 is 0 Å². The van der Waals surface area contributed by atoms with Gasteiger partial charge in [0.1, 0.15) is 0 Å². The average Bonchev–Trinajstić information content (AvgIpc) is 2.26. The molecule has 0 spiro atoms. The van der Waals surface area contributed by atoms with Crippen molar-refractivity contribution in [2.75, 3.05) is 19.7 Å². The van der Waals surface area contributed by atoms with Crippen molar-refractivity contribution in [2.45, 2.75) is 58.8 Å². The van der Waals surface area contributed by atoms with Crippen molar-refractivity contribution in [1.29, 1.82) is 0 Å². The Balaban J connectivity index is 2.24. The van der Waals surface area contributed by atoms with Crippen LogP contribution in [0.5, 0.6) is 0 Å². The van der Waals surface area contributed by atoms with Gasteiger partial charge in [-0.1, -0.05) is 0 Å². The van der Waals surface area contributed by atoms with Crippen LogP contribution in [0, 0.1) is 5.92 Å². The second kappa shape index (κ2) is 6.58. The Morgan fingerprint density at radius 2 is 1.75 bits per heavy atom. The third kappa shape index (κ3) is 4.40. The fourth-order valence-corrected chi connectivity index (χ4v) is 2.25. The molecule has 0 aliphatic carbocycles. The van der Waals surface area contributed by atoms with Gasteiger partial charge in [0.05, 0.1) is 18.8 Å². The summed E-state index contributed by atoms with van der Waals surface area (Å²) >= 11 is 0. The molecule has 1 atom stereocenters. The van der Waals surface area contributed by atoms with Crippen LogP contribution in [0.15, 0.2) is 0 Å². The number of likely N-dealkylation sites (tertiary alicyclic amines) is 1. The van der Waals surface area contributed by atoms with Crippen LogP contribution in [0.4, 0.5) is 0 Å². The molecule has 1 N–H and O–H groups in total. The lowest BCUT2D eigenvalue weighted by Gasteiger charge is -2.36. The summed E-state index contributed by atoms with van der Waals surface area (Å²) in [6.45, 7) is 11.2. The van der Waals surface area contributed by atoms with Crippen molar-refractivity contribution in [3.05, 3.63) is 0 Å². The number of hydrogen-bond acceptors (Lipinski definition) is 3. The molecule has 1 aliphatic heterocycles. The zero-order valence-electron chi connectivity index (χ0n) is 11.1. The van der Waals surface area contributed by atoms with Crippen LogP contribution >= 0.6 is 0 Å². The van der Waals surface area contributed by atoms with E-state index in [0.717, 1.165) is 25.9 Å².